The molecule has 0 aromatic heterocycles. The van der Waals surface area contributed by atoms with E-state index in [-0.39, 0.29) is 5.97 Å². The van der Waals surface area contributed by atoms with Gasteiger partial charge in [0.15, 0.2) is 0 Å². The van der Waals surface area contributed by atoms with Crippen LogP contribution in [0, 0.1) is 5.41 Å². The molecule has 4 heteroatoms. The van der Waals surface area contributed by atoms with Gasteiger partial charge >= 0.3 is 5.97 Å². The molecular formula is C17H23NO3. The normalized spacial score (nSPS) is 20.4. The number of phenols is 1. The fourth-order valence-electron chi connectivity index (χ4n) is 3.75. The van der Waals surface area contributed by atoms with Crippen LogP contribution in [0.5, 0.6) is 5.75 Å². The van der Waals surface area contributed by atoms with Gasteiger partial charge in [-0.1, -0.05) is 6.07 Å². The summed E-state index contributed by atoms with van der Waals surface area (Å²) in [5.41, 5.74) is 3.02. The first-order valence-electron chi connectivity index (χ1n) is 7.79. The molecular weight excluding hydrogens is 266 g/mol. The molecule has 0 atom stereocenters. The summed E-state index contributed by atoms with van der Waals surface area (Å²) in [6, 6.07) is 5.76. The van der Waals surface area contributed by atoms with Gasteiger partial charge in [0.2, 0.25) is 0 Å². The van der Waals surface area contributed by atoms with Crippen molar-refractivity contribution in [3.05, 3.63) is 29.3 Å². The first kappa shape index (κ1) is 14.4. The number of hydrogen-bond acceptors (Lipinski definition) is 4. The number of rotatable bonds is 3. The van der Waals surface area contributed by atoms with E-state index in [1.54, 1.807) is 6.07 Å². The third-order valence-electron chi connectivity index (χ3n) is 4.90. The summed E-state index contributed by atoms with van der Waals surface area (Å²) in [7, 11) is 0. The van der Waals surface area contributed by atoms with Crippen LogP contribution in [-0.2, 0) is 22.4 Å². The fourth-order valence-corrected chi connectivity index (χ4v) is 3.75. The Kier molecular flexibility index (Phi) is 3.89. The van der Waals surface area contributed by atoms with E-state index in [4.69, 9.17) is 4.74 Å². The van der Waals surface area contributed by atoms with Crippen LogP contribution in [0.1, 0.15) is 30.9 Å². The third kappa shape index (κ3) is 3.05. The molecule has 1 heterocycles. The molecule has 0 saturated carbocycles. The molecule has 0 amide bonds. The van der Waals surface area contributed by atoms with E-state index in [9.17, 15) is 9.90 Å². The summed E-state index contributed by atoms with van der Waals surface area (Å²) in [6.07, 6.45) is 4.39. The average molecular weight is 289 g/mol. The summed E-state index contributed by atoms with van der Waals surface area (Å²) < 4.78 is 5.02. The van der Waals surface area contributed by atoms with E-state index in [0.717, 1.165) is 38.8 Å². The van der Waals surface area contributed by atoms with E-state index in [1.807, 2.05) is 13.0 Å². The van der Waals surface area contributed by atoms with Crippen LogP contribution in [0.3, 0.4) is 0 Å². The van der Waals surface area contributed by atoms with Crippen LogP contribution >= 0.6 is 0 Å². The molecule has 21 heavy (non-hydrogen) atoms. The van der Waals surface area contributed by atoms with Crippen molar-refractivity contribution >= 4 is 5.97 Å². The van der Waals surface area contributed by atoms with Crippen LogP contribution in [0.2, 0.25) is 0 Å². The maximum Gasteiger partial charge on any atom is 0.320 e. The van der Waals surface area contributed by atoms with E-state index in [0.29, 0.717) is 24.3 Å². The standard InChI is InChI=1S/C17H23NO3/c1-2-21-16(20)12-18-7-5-17(6-8-18)10-13-3-4-15(19)9-14(13)11-17/h3-4,9,19H,2,5-8,10-12H2,1H3. The molecule has 0 bridgehead atoms. The molecule has 1 aliphatic carbocycles. The number of aromatic hydroxyl groups is 1. The summed E-state index contributed by atoms with van der Waals surface area (Å²) in [6.45, 7) is 4.62. The first-order valence-corrected chi connectivity index (χ1v) is 7.79. The van der Waals surface area contributed by atoms with Gasteiger partial charge in [-0.05, 0) is 74.4 Å². The SMILES string of the molecule is CCOC(=O)CN1CCC2(CC1)Cc1ccc(O)cc1C2. The zero-order chi connectivity index (χ0) is 14.9. The number of fused-ring (bicyclic) bond motifs is 1. The third-order valence-corrected chi connectivity index (χ3v) is 4.90. The molecule has 1 saturated heterocycles. The molecule has 1 aromatic carbocycles. The highest BCUT2D eigenvalue weighted by molar-refractivity contribution is 5.71. The van der Waals surface area contributed by atoms with Crippen molar-refractivity contribution in [2.75, 3.05) is 26.2 Å². The number of ether oxygens (including phenoxy) is 1. The summed E-state index contributed by atoms with van der Waals surface area (Å²) >= 11 is 0. The van der Waals surface area contributed by atoms with E-state index >= 15 is 0 Å². The zero-order valence-corrected chi connectivity index (χ0v) is 12.6. The van der Waals surface area contributed by atoms with Crippen molar-refractivity contribution in [2.45, 2.75) is 32.6 Å². The Morgan fingerprint density at radius 1 is 1.29 bits per heavy atom. The van der Waals surface area contributed by atoms with Crippen molar-refractivity contribution in [1.29, 1.82) is 0 Å². The topological polar surface area (TPSA) is 49.8 Å². The molecule has 1 spiro atoms. The van der Waals surface area contributed by atoms with Crippen LogP contribution in [0.25, 0.3) is 0 Å². The Labute approximate surface area is 125 Å². The van der Waals surface area contributed by atoms with Crippen LogP contribution < -0.4 is 0 Å². The Morgan fingerprint density at radius 2 is 2.00 bits per heavy atom. The smallest absolute Gasteiger partial charge is 0.320 e. The van der Waals surface area contributed by atoms with Gasteiger partial charge in [-0.25, -0.2) is 0 Å². The van der Waals surface area contributed by atoms with Crippen molar-refractivity contribution in [1.82, 2.24) is 4.90 Å². The average Bonchev–Trinajstić information content (AvgIpc) is 2.79. The van der Waals surface area contributed by atoms with Gasteiger partial charge in [-0.3, -0.25) is 9.69 Å². The van der Waals surface area contributed by atoms with Crippen LogP contribution in [0.4, 0.5) is 0 Å². The number of esters is 1. The minimum atomic E-state index is -0.118. The number of benzene rings is 1. The Bertz CT molecular complexity index is 533. The Hall–Kier alpha value is -1.55. The zero-order valence-electron chi connectivity index (χ0n) is 12.6. The number of carbonyl (C=O) groups is 1. The molecule has 4 nitrogen and oxygen atoms in total. The molecule has 114 valence electrons. The fraction of sp³-hybridized carbons (Fsp3) is 0.588. The van der Waals surface area contributed by atoms with E-state index in [2.05, 4.69) is 11.0 Å². The Balaban J connectivity index is 1.58. The molecule has 2 aliphatic rings. The molecule has 0 unspecified atom stereocenters. The van der Waals surface area contributed by atoms with Crippen LogP contribution in [-0.4, -0.2) is 42.2 Å². The van der Waals surface area contributed by atoms with Gasteiger partial charge in [0.05, 0.1) is 13.2 Å². The maximum absolute atomic E-state index is 11.5. The Morgan fingerprint density at radius 3 is 2.71 bits per heavy atom. The van der Waals surface area contributed by atoms with Gasteiger partial charge in [0, 0.05) is 0 Å². The monoisotopic (exact) mass is 289 g/mol. The van der Waals surface area contributed by atoms with Gasteiger partial charge in [-0.2, -0.15) is 0 Å². The molecule has 1 N–H and O–H groups in total. The largest absolute Gasteiger partial charge is 0.508 e. The predicted molar refractivity (Wildman–Crippen MR) is 80.3 cm³/mol. The van der Waals surface area contributed by atoms with Crippen molar-refractivity contribution in [3.8, 4) is 5.75 Å². The lowest BCUT2D eigenvalue weighted by Crippen LogP contribution is -2.43. The highest BCUT2D eigenvalue weighted by atomic mass is 16.5. The first-order chi connectivity index (χ1) is 10.1. The van der Waals surface area contributed by atoms with Gasteiger partial charge < -0.3 is 9.84 Å². The summed E-state index contributed by atoms with van der Waals surface area (Å²) in [5, 5.41) is 9.62. The van der Waals surface area contributed by atoms with Crippen LogP contribution in [0.15, 0.2) is 18.2 Å². The van der Waals surface area contributed by atoms with Gasteiger partial charge in [-0.15, -0.1) is 0 Å². The molecule has 1 aromatic rings. The molecule has 0 radical (unpaired) electrons. The predicted octanol–water partition coefficient (Wildman–Crippen LogP) is 2.14. The quantitative estimate of drug-likeness (QED) is 0.866. The van der Waals surface area contributed by atoms with Gasteiger partial charge in [0.1, 0.15) is 5.75 Å². The van der Waals surface area contributed by atoms with Crippen molar-refractivity contribution < 1.29 is 14.6 Å². The van der Waals surface area contributed by atoms with E-state index in [1.165, 1.54) is 11.1 Å². The number of phenolic OH excluding ortho intramolecular Hbond substituents is 1. The number of carbonyl (C=O) groups excluding carboxylic acids is 1. The highest BCUT2D eigenvalue weighted by Crippen LogP contribution is 2.45. The molecule has 3 rings (SSSR count). The maximum atomic E-state index is 11.5. The second-order valence-corrected chi connectivity index (χ2v) is 6.39. The second-order valence-electron chi connectivity index (χ2n) is 6.39. The molecule has 1 fully saturated rings. The lowest BCUT2D eigenvalue weighted by molar-refractivity contribution is -0.145. The summed E-state index contributed by atoms with van der Waals surface area (Å²) in [4.78, 5) is 13.7. The highest BCUT2D eigenvalue weighted by Gasteiger charge is 2.40. The molecule has 1 aliphatic heterocycles. The lowest BCUT2D eigenvalue weighted by atomic mass is 9.76. The van der Waals surface area contributed by atoms with E-state index < -0.39 is 0 Å². The minimum absolute atomic E-state index is 0.118. The second kappa shape index (κ2) is 5.68. The number of hydrogen-bond donors (Lipinski definition) is 1. The van der Waals surface area contributed by atoms with Crippen molar-refractivity contribution in [2.24, 2.45) is 5.41 Å². The number of likely N-dealkylation sites (tertiary alicyclic amines) is 1. The number of piperidine rings is 1. The minimum Gasteiger partial charge on any atom is -0.508 e. The van der Waals surface area contributed by atoms with Crippen molar-refractivity contribution in [3.63, 3.8) is 0 Å². The lowest BCUT2D eigenvalue weighted by Gasteiger charge is -2.39. The summed E-state index contributed by atoms with van der Waals surface area (Å²) in [5.74, 6) is 0.249. The number of nitrogens with zero attached hydrogens (tertiary/aromatic N) is 1. The van der Waals surface area contributed by atoms with Gasteiger partial charge in [0.25, 0.3) is 0 Å².